The van der Waals surface area contributed by atoms with Crippen molar-refractivity contribution in [3.63, 3.8) is 0 Å². The number of amidine groups is 1. The maximum absolute atomic E-state index is 9.86. The van der Waals surface area contributed by atoms with Gasteiger partial charge in [-0.2, -0.15) is 5.26 Å². The number of aliphatic hydroxyl groups excluding tert-OH is 1. The van der Waals surface area contributed by atoms with Gasteiger partial charge in [-0.15, -0.1) is 12.4 Å². The third kappa shape index (κ3) is 6.82. The second-order valence-corrected chi connectivity index (χ2v) is 6.29. The summed E-state index contributed by atoms with van der Waals surface area (Å²) in [7, 11) is 0. The number of aliphatic hydroxyl groups is 1. The highest BCUT2D eigenvalue weighted by Crippen LogP contribution is 2.31. The number of nitrogen functional groups attached to an aromatic ring is 1. The van der Waals surface area contributed by atoms with Crippen LogP contribution in [0, 0.1) is 22.2 Å². The number of hydrogen-bond donors (Lipinski definition) is 3. The van der Waals surface area contributed by atoms with Gasteiger partial charge in [0.2, 0.25) is 0 Å². The van der Waals surface area contributed by atoms with Gasteiger partial charge in [-0.05, 0) is 23.1 Å². The zero-order valence-electron chi connectivity index (χ0n) is 14.2. The normalized spacial score (nSPS) is 11.1. The van der Waals surface area contributed by atoms with Gasteiger partial charge < -0.3 is 10.8 Å². The van der Waals surface area contributed by atoms with Crippen LogP contribution < -0.4 is 5.73 Å². The highest BCUT2D eigenvalue weighted by molar-refractivity contribution is 5.95. The molecule has 0 heterocycles. The molecule has 0 saturated carbocycles. The van der Waals surface area contributed by atoms with Crippen LogP contribution in [0.15, 0.2) is 54.6 Å². The van der Waals surface area contributed by atoms with E-state index < -0.39 is 0 Å². The van der Waals surface area contributed by atoms with E-state index in [1.165, 1.54) is 0 Å². The fourth-order valence-electron chi connectivity index (χ4n) is 1.89. The number of nitriles is 1. The fraction of sp³-hybridized carbons (Fsp3) is 0.263. The summed E-state index contributed by atoms with van der Waals surface area (Å²) in [6.07, 6.45) is -0.376. The van der Waals surface area contributed by atoms with Gasteiger partial charge in [0.05, 0.1) is 17.7 Å². The van der Waals surface area contributed by atoms with Crippen molar-refractivity contribution in [2.75, 3.05) is 0 Å². The van der Waals surface area contributed by atoms with Crippen LogP contribution in [0.4, 0.5) is 0 Å². The van der Waals surface area contributed by atoms with Crippen LogP contribution in [-0.2, 0) is 0 Å². The molecular formula is C19H24ClN3O. The molecule has 0 aliphatic rings. The van der Waals surface area contributed by atoms with E-state index in [4.69, 9.17) is 16.4 Å². The number of nitrogens with one attached hydrogen (secondary N) is 1. The van der Waals surface area contributed by atoms with E-state index in [9.17, 15) is 5.11 Å². The Labute approximate surface area is 149 Å². The van der Waals surface area contributed by atoms with E-state index in [1.807, 2.05) is 57.2 Å². The summed E-state index contributed by atoms with van der Waals surface area (Å²) in [5.74, 6) is -0.0119. The summed E-state index contributed by atoms with van der Waals surface area (Å²) in [5.41, 5.74) is 7.23. The van der Waals surface area contributed by atoms with Crippen molar-refractivity contribution in [1.29, 1.82) is 10.7 Å². The molecule has 5 heteroatoms. The van der Waals surface area contributed by atoms with Gasteiger partial charge in [0.15, 0.2) is 0 Å². The third-order valence-corrected chi connectivity index (χ3v) is 3.24. The van der Waals surface area contributed by atoms with E-state index in [0.717, 1.165) is 5.56 Å². The average Bonchev–Trinajstić information content (AvgIpc) is 2.54. The topological polar surface area (TPSA) is 93.9 Å². The molecule has 0 bridgehead atoms. The predicted octanol–water partition coefficient (Wildman–Crippen LogP) is 4.03. The SMILES string of the molecule is CC(C)(C)C(O)c1ccccc1.Cl.N#Cc1cccc(C(=N)N)c1. The molecule has 0 radical (unpaired) electrons. The van der Waals surface area contributed by atoms with Gasteiger partial charge >= 0.3 is 0 Å². The first kappa shape index (κ1) is 21.6. The van der Waals surface area contributed by atoms with Crippen LogP contribution in [0.3, 0.4) is 0 Å². The monoisotopic (exact) mass is 345 g/mol. The number of rotatable bonds is 2. The number of nitrogens with two attached hydrogens (primary N) is 1. The highest BCUT2D eigenvalue weighted by atomic mass is 35.5. The van der Waals surface area contributed by atoms with Crippen molar-refractivity contribution in [2.45, 2.75) is 26.9 Å². The first-order chi connectivity index (χ1) is 10.8. The Hall–Kier alpha value is -2.35. The Bertz CT molecular complexity index is 688. The van der Waals surface area contributed by atoms with Gasteiger partial charge in [0.1, 0.15) is 5.84 Å². The summed E-state index contributed by atoms with van der Waals surface area (Å²) in [4.78, 5) is 0. The number of nitrogens with zero attached hydrogens (tertiary/aromatic N) is 1. The summed E-state index contributed by atoms with van der Waals surface area (Å²) >= 11 is 0. The van der Waals surface area contributed by atoms with Crippen molar-refractivity contribution in [2.24, 2.45) is 11.1 Å². The van der Waals surface area contributed by atoms with Crippen LogP contribution in [0.1, 0.15) is 43.6 Å². The van der Waals surface area contributed by atoms with E-state index in [1.54, 1.807) is 24.3 Å². The second kappa shape index (κ2) is 9.71. The standard InChI is InChI=1S/C11H16O.C8H7N3.ClH/c1-11(2,3)10(12)9-7-5-4-6-8-9;9-5-6-2-1-3-7(4-6)8(10)11;/h4-8,10,12H,1-3H3;1-4H,(H3,10,11);1H. The molecule has 1 atom stereocenters. The molecule has 2 aromatic carbocycles. The van der Waals surface area contributed by atoms with Crippen LogP contribution in [0.2, 0.25) is 0 Å². The largest absolute Gasteiger partial charge is 0.388 e. The second-order valence-electron chi connectivity index (χ2n) is 6.29. The Kier molecular flexibility index (Phi) is 8.76. The third-order valence-electron chi connectivity index (χ3n) is 3.24. The van der Waals surface area contributed by atoms with Gasteiger partial charge in [-0.25, -0.2) is 0 Å². The Morgan fingerprint density at radius 2 is 1.71 bits per heavy atom. The van der Waals surface area contributed by atoms with Crippen molar-refractivity contribution in [3.8, 4) is 6.07 Å². The molecule has 1 unspecified atom stereocenters. The summed E-state index contributed by atoms with van der Waals surface area (Å²) in [5, 5.41) is 25.4. The lowest BCUT2D eigenvalue weighted by Gasteiger charge is -2.25. The van der Waals surface area contributed by atoms with Gasteiger partial charge in [-0.1, -0.05) is 63.2 Å². The molecule has 0 spiro atoms. The molecule has 0 saturated heterocycles. The first-order valence-electron chi connectivity index (χ1n) is 7.33. The summed E-state index contributed by atoms with van der Waals surface area (Å²) < 4.78 is 0. The molecule has 128 valence electrons. The lowest BCUT2D eigenvalue weighted by molar-refractivity contribution is 0.0627. The maximum Gasteiger partial charge on any atom is 0.122 e. The molecule has 2 aromatic rings. The molecule has 0 aromatic heterocycles. The van der Waals surface area contributed by atoms with Gasteiger partial charge in [0, 0.05) is 5.56 Å². The minimum absolute atomic E-state index is 0. The summed E-state index contributed by atoms with van der Waals surface area (Å²) in [6, 6.07) is 18.4. The quantitative estimate of drug-likeness (QED) is 0.566. The highest BCUT2D eigenvalue weighted by Gasteiger charge is 2.22. The van der Waals surface area contributed by atoms with Crippen molar-refractivity contribution >= 4 is 18.2 Å². The lowest BCUT2D eigenvalue weighted by atomic mass is 9.85. The zero-order valence-corrected chi connectivity index (χ0v) is 15.0. The van der Waals surface area contributed by atoms with Crippen LogP contribution in [0.5, 0.6) is 0 Å². The Morgan fingerprint density at radius 3 is 2.17 bits per heavy atom. The minimum Gasteiger partial charge on any atom is -0.388 e. The van der Waals surface area contributed by atoms with E-state index in [-0.39, 0.29) is 29.8 Å². The molecular weight excluding hydrogens is 322 g/mol. The van der Waals surface area contributed by atoms with Crippen molar-refractivity contribution in [1.82, 2.24) is 0 Å². The zero-order chi connectivity index (χ0) is 17.5. The molecule has 0 aliphatic carbocycles. The van der Waals surface area contributed by atoms with Crippen molar-refractivity contribution in [3.05, 3.63) is 71.3 Å². The Balaban J connectivity index is 0.000000425. The van der Waals surface area contributed by atoms with E-state index >= 15 is 0 Å². The first-order valence-corrected chi connectivity index (χ1v) is 7.33. The molecule has 0 amide bonds. The van der Waals surface area contributed by atoms with Gasteiger partial charge in [0.25, 0.3) is 0 Å². The number of halogens is 1. The van der Waals surface area contributed by atoms with E-state index in [2.05, 4.69) is 0 Å². The average molecular weight is 346 g/mol. The number of benzene rings is 2. The van der Waals surface area contributed by atoms with Crippen LogP contribution in [-0.4, -0.2) is 10.9 Å². The maximum atomic E-state index is 9.86. The number of hydrogen-bond acceptors (Lipinski definition) is 3. The van der Waals surface area contributed by atoms with E-state index in [0.29, 0.717) is 11.1 Å². The minimum atomic E-state index is -0.376. The van der Waals surface area contributed by atoms with Crippen LogP contribution in [0.25, 0.3) is 0 Å². The Morgan fingerprint density at radius 1 is 1.12 bits per heavy atom. The molecule has 24 heavy (non-hydrogen) atoms. The molecule has 4 nitrogen and oxygen atoms in total. The predicted molar refractivity (Wildman–Crippen MR) is 100 cm³/mol. The van der Waals surface area contributed by atoms with Gasteiger partial charge in [-0.3, -0.25) is 5.41 Å². The molecule has 4 N–H and O–H groups in total. The fourth-order valence-corrected chi connectivity index (χ4v) is 1.89. The molecule has 0 aliphatic heterocycles. The lowest BCUT2D eigenvalue weighted by Crippen LogP contribution is -2.17. The van der Waals surface area contributed by atoms with Crippen molar-refractivity contribution < 1.29 is 5.11 Å². The smallest absolute Gasteiger partial charge is 0.122 e. The molecule has 0 fully saturated rings. The van der Waals surface area contributed by atoms with Crippen LogP contribution >= 0.6 is 12.4 Å². The molecule has 2 rings (SSSR count). The summed E-state index contributed by atoms with van der Waals surface area (Å²) in [6.45, 7) is 6.10.